The lowest BCUT2D eigenvalue weighted by Gasteiger charge is -2.16. The van der Waals surface area contributed by atoms with Crippen LogP contribution < -0.4 is 0 Å². The molecule has 0 saturated carbocycles. The third kappa shape index (κ3) is 5.56. The first-order valence-corrected chi connectivity index (χ1v) is 3.38. The summed E-state index contributed by atoms with van der Waals surface area (Å²) in [4.78, 5) is 0. The van der Waals surface area contributed by atoms with Crippen LogP contribution in [-0.2, 0) is 4.74 Å². The first-order valence-electron chi connectivity index (χ1n) is 3.38. The monoisotopic (exact) mass is 145 g/mol. The van der Waals surface area contributed by atoms with Gasteiger partial charge in [0.15, 0.2) is 5.90 Å². The zero-order valence-corrected chi connectivity index (χ0v) is 6.77. The molecule has 10 heavy (non-hydrogen) atoms. The SMILES string of the molecule is CCOC(=N)CC(C)(C)O. The maximum absolute atomic E-state index is 9.19. The fourth-order valence-electron chi connectivity index (χ4n) is 0.618. The fraction of sp³-hybridized carbons (Fsp3) is 0.857. The molecule has 0 heterocycles. The van der Waals surface area contributed by atoms with Crippen molar-refractivity contribution >= 4 is 5.90 Å². The Balaban J connectivity index is 3.58. The Bertz CT molecular complexity index is 115. The van der Waals surface area contributed by atoms with Crippen LogP contribution in [0.4, 0.5) is 0 Å². The third-order valence-electron chi connectivity index (χ3n) is 0.912. The van der Waals surface area contributed by atoms with Crippen LogP contribution in [0.3, 0.4) is 0 Å². The van der Waals surface area contributed by atoms with E-state index in [-0.39, 0.29) is 12.3 Å². The Morgan fingerprint density at radius 1 is 1.60 bits per heavy atom. The minimum atomic E-state index is -0.827. The molecule has 0 rings (SSSR count). The zero-order chi connectivity index (χ0) is 8.20. The molecule has 0 saturated heterocycles. The van der Waals surface area contributed by atoms with E-state index in [2.05, 4.69) is 0 Å². The molecule has 0 unspecified atom stereocenters. The van der Waals surface area contributed by atoms with Crippen molar-refractivity contribution < 1.29 is 9.84 Å². The first kappa shape index (κ1) is 9.43. The second-order valence-corrected chi connectivity index (χ2v) is 2.85. The highest BCUT2D eigenvalue weighted by molar-refractivity contribution is 5.73. The molecule has 60 valence electrons. The van der Waals surface area contributed by atoms with Gasteiger partial charge in [-0.3, -0.25) is 5.41 Å². The molecular formula is C7H15NO2. The van der Waals surface area contributed by atoms with Gasteiger partial charge in [-0.1, -0.05) is 0 Å². The van der Waals surface area contributed by atoms with Gasteiger partial charge in [0, 0.05) is 0 Å². The van der Waals surface area contributed by atoms with Crippen LogP contribution in [0.2, 0.25) is 0 Å². The molecule has 2 N–H and O–H groups in total. The van der Waals surface area contributed by atoms with Crippen molar-refractivity contribution in [2.24, 2.45) is 0 Å². The highest BCUT2D eigenvalue weighted by Crippen LogP contribution is 2.07. The molecule has 0 fully saturated rings. The van der Waals surface area contributed by atoms with Gasteiger partial charge in [0.1, 0.15) is 0 Å². The second kappa shape index (κ2) is 3.56. The fourth-order valence-corrected chi connectivity index (χ4v) is 0.618. The lowest BCUT2D eigenvalue weighted by molar-refractivity contribution is 0.0811. The molecule has 0 aliphatic rings. The highest BCUT2D eigenvalue weighted by Gasteiger charge is 2.15. The van der Waals surface area contributed by atoms with Crippen LogP contribution in [0.25, 0.3) is 0 Å². The summed E-state index contributed by atoms with van der Waals surface area (Å²) in [6, 6.07) is 0. The van der Waals surface area contributed by atoms with Crippen LogP contribution in [0.5, 0.6) is 0 Å². The van der Waals surface area contributed by atoms with Crippen molar-refractivity contribution in [3.63, 3.8) is 0 Å². The van der Waals surface area contributed by atoms with Crippen molar-refractivity contribution in [3.05, 3.63) is 0 Å². The molecule has 0 radical (unpaired) electrons. The van der Waals surface area contributed by atoms with E-state index in [0.717, 1.165) is 0 Å². The largest absolute Gasteiger partial charge is 0.481 e. The molecule has 0 aromatic carbocycles. The van der Waals surface area contributed by atoms with Crippen LogP contribution in [0.1, 0.15) is 27.2 Å². The summed E-state index contributed by atoms with van der Waals surface area (Å²) in [7, 11) is 0. The zero-order valence-electron chi connectivity index (χ0n) is 6.77. The summed E-state index contributed by atoms with van der Waals surface area (Å²) in [5.41, 5.74) is -0.827. The van der Waals surface area contributed by atoms with Crippen LogP contribution in [0.15, 0.2) is 0 Å². The quantitative estimate of drug-likeness (QED) is 0.462. The molecule has 0 aliphatic carbocycles. The van der Waals surface area contributed by atoms with E-state index in [1.54, 1.807) is 13.8 Å². The van der Waals surface area contributed by atoms with E-state index in [4.69, 9.17) is 10.1 Å². The van der Waals surface area contributed by atoms with Crippen molar-refractivity contribution in [2.45, 2.75) is 32.8 Å². The average Bonchev–Trinajstić information content (AvgIpc) is 1.59. The van der Waals surface area contributed by atoms with Crippen LogP contribution in [-0.4, -0.2) is 23.2 Å². The Kier molecular flexibility index (Phi) is 3.36. The molecule has 0 bridgehead atoms. The van der Waals surface area contributed by atoms with Crippen LogP contribution >= 0.6 is 0 Å². The van der Waals surface area contributed by atoms with Crippen molar-refractivity contribution in [3.8, 4) is 0 Å². The molecule has 0 aliphatic heterocycles. The van der Waals surface area contributed by atoms with Crippen molar-refractivity contribution in [1.29, 1.82) is 5.41 Å². The van der Waals surface area contributed by atoms with Crippen LogP contribution in [0, 0.1) is 5.41 Å². The molecule has 0 atom stereocenters. The van der Waals surface area contributed by atoms with Gasteiger partial charge in [-0.25, -0.2) is 0 Å². The summed E-state index contributed by atoms with van der Waals surface area (Å²) in [5, 5.41) is 16.4. The average molecular weight is 145 g/mol. The molecule has 3 heteroatoms. The van der Waals surface area contributed by atoms with Gasteiger partial charge in [0.05, 0.1) is 18.6 Å². The topological polar surface area (TPSA) is 53.3 Å². The number of rotatable bonds is 3. The van der Waals surface area contributed by atoms with Gasteiger partial charge in [-0.05, 0) is 20.8 Å². The Morgan fingerprint density at radius 2 is 2.10 bits per heavy atom. The summed E-state index contributed by atoms with van der Waals surface area (Å²) in [6.07, 6.45) is 0.279. The van der Waals surface area contributed by atoms with E-state index in [1.807, 2.05) is 6.92 Å². The number of hydrogen-bond acceptors (Lipinski definition) is 3. The molecule has 0 spiro atoms. The smallest absolute Gasteiger partial charge is 0.183 e. The summed E-state index contributed by atoms with van der Waals surface area (Å²) < 4.78 is 4.84. The number of aliphatic hydroxyl groups is 1. The van der Waals surface area contributed by atoms with E-state index >= 15 is 0 Å². The highest BCUT2D eigenvalue weighted by atomic mass is 16.5. The van der Waals surface area contributed by atoms with Gasteiger partial charge in [0.25, 0.3) is 0 Å². The minimum absolute atomic E-state index is 0.148. The number of hydrogen-bond donors (Lipinski definition) is 2. The predicted octanol–water partition coefficient (Wildman–Crippen LogP) is 1.16. The lowest BCUT2D eigenvalue weighted by Crippen LogP contribution is -2.24. The summed E-state index contributed by atoms with van der Waals surface area (Å²) >= 11 is 0. The standard InChI is InChI=1S/C7H15NO2/c1-4-10-6(8)5-7(2,3)9/h8-9H,4-5H2,1-3H3. The molecular weight excluding hydrogens is 130 g/mol. The van der Waals surface area contributed by atoms with Gasteiger partial charge in [-0.2, -0.15) is 0 Å². The van der Waals surface area contributed by atoms with Crippen molar-refractivity contribution in [2.75, 3.05) is 6.61 Å². The van der Waals surface area contributed by atoms with Gasteiger partial charge in [0.2, 0.25) is 0 Å². The molecule has 0 aromatic rings. The van der Waals surface area contributed by atoms with Crippen molar-refractivity contribution in [1.82, 2.24) is 0 Å². The predicted molar refractivity (Wildman–Crippen MR) is 40.3 cm³/mol. The van der Waals surface area contributed by atoms with Gasteiger partial charge >= 0.3 is 0 Å². The minimum Gasteiger partial charge on any atom is -0.481 e. The Hall–Kier alpha value is -0.570. The number of nitrogens with one attached hydrogen (secondary N) is 1. The summed E-state index contributed by atoms with van der Waals surface area (Å²) in [6.45, 7) is 5.62. The summed E-state index contributed by atoms with van der Waals surface area (Å²) in [5.74, 6) is 0.148. The van der Waals surface area contributed by atoms with E-state index in [0.29, 0.717) is 6.61 Å². The number of ether oxygens (including phenoxy) is 1. The maximum atomic E-state index is 9.19. The molecule has 0 amide bonds. The van der Waals surface area contributed by atoms with E-state index in [1.165, 1.54) is 0 Å². The lowest BCUT2D eigenvalue weighted by atomic mass is 10.1. The normalized spacial score (nSPS) is 11.2. The molecule has 0 aromatic heterocycles. The van der Waals surface area contributed by atoms with E-state index in [9.17, 15) is 5.11 Å². The third-order valence-corrected chi connectivity index (χ3v) is 0.912. The Labute approximate surface area is 61.5 Å². The van der Waals surface area contributed by atoms with Gasteiger partial charge in [-0.15, -0.1) is 0 Å². The second-order valence-electron chi connectivity index (χ2n) is 2.85. The molecule has 3 nitrogen and oxygen atoms in total. The first-order chi connectivity index (χ1) is 4.45. The Morgan fingerprint density at radius 3 is 2.40 bits per heavy atom. The van der Waals surface area contributed by atoms with E-state index < -0.39 is 5.60 Å². The van der Waals surface area contributed by atoms with Gasteiger partial charge < -0.3 is 9.84 Å². The maximum Gasteiger partial charge on any atom is 0.183 e.